The van der Waals surface area contributed by atoms with Crippen LogP contribution >= 0.6 is 11.3 Å². The zero-order valence-electron chi connectivity index (χ0n) is 10.1. The highest BCUT2D eigenvalue weighted by atomic mass is 32.1. The molecule has 4 heteroatoms. The van der Waals surface area contributed by atoms with Crippen LogP contribution in [0.25, 0.3) is 0 Å². The van der Waals surface area contributed by atoms with Crippen LogP contribution in [0.5, 0.6) is 0 Å². The molecule has 1 aromatic heterocycles. The van der Waals surface area contributed by atoms with Gasteiger partial charge in [0.25, 0.3) is 0 Å². The van der Waals surface area contributed by atoms with Crippen LogP contribution in [0.2, 0.25) is 0 Å². The van der Waals surface area contributed by atoms with Crippen molar-refractivity contribution in [2.75, 3.05) is 20.1 Å². The molecule has 2 unspecified atom stereocenters. The van der Waals surface area contributed by atoms with E-state index in [9.17, 15) is 0 Å². The summed E-state index contributed by atoms with van der Waals surface area (Å²) in [5.74, 6) is 0.451. The number of likely N-dealkylation sites (tertiary alicyclic amines) is 1. The van der Waals surface area contributed by atoms with E-state index in [0.29, 0.717) is 18.5 Å². The Morgan fingerprint density at radius 3 is 3.12 bits per heavy atom. The fourth-order valence-corrected chi connectivity index (χ4v) is 3.26. The summed E-state index contributed by atoms with van der Waals surface area (Å²) in [4.78, 5) is 8.30. The molecule has 1 aliphatic heterocycles. The lowest BCUT2D eigenvalue weighted by Crippen LogP contribution is -2.26. The Kier molecular flexibility index (Phi) is 3.95. The van der Waals surface area contributed by atoms with Gasteiger partial charge in [-0.2, -0.15) is 0 Å². The van der Waals surface area contributed by atoms with Crippen LogP contribution < -0.4 is 5.73 Å². The van der Waals surface area contributed by atoms with Crippen LogP contribution in [-0.4, -0.2) is 36.1 Å². The number of hydrogen-bond acceptors (Lipinski definition) is 4. The van der Waals surface area contributed by atoms with Gasteiger partial charge < -0.3 is 10.6 Å². The lowest BCUT2D eigenvalue weighted by molar-refractivity contribution is 0.309. The number of nitrogens with zero attached hydrogens (tertiary/aromatic N) is 2. The molecule has 0 spiro atoms. The fraction of sp³-hybridized carbons (Fsp3) is 0.750. The van der Waals surface area contributed by atoms with Crippen molar-refractivity contribution in [1.82, 2.24) is 9.88 Å². The zero-order valence-corrected chi connectivity index (χ0v) is 11.0. The molecule has 16 heavy (non-hydrogen) atoms. The maximum Gasteiger partial charge on any atom is 0.0943 e. The Labute approximate surface area is 102 Å². The minimum Gasteiger partial charge on any atom is -0.330 e. The minimum atomic E-state index is 0.451. The normalized spacial score (nSPS) is 23.8. The van der Waals surface area contributed by atoms with Gasteiger partial charge in [0.15, 0.2) is 0 Å². The van der Waals surface area contributed by atoms with Crippen LogP contribution in [0.1, 0.15) is 35.6 Å². The molecule has 0 bridgehead atoms. The minimum absolute atomic E-state index is 0.451. The first-order chi connectivity index (χ1) is 7.70. The van der Waals surface area contributed by atoms with Crippen molar-refractivity contribution < 1.29 is 0 Å². The predicted octanol–water partition coefficient (Wildman–Crippen LogP) is 1.84. The van der Waals surface area contributed by atoms with Gasteiger partial charge in [-0.05, 0) is 33.0 Å². The third-order valence-electron chi connectivity index (χ3n) is 3.49. The van der Waals surface area contributed by atoms with Gasteiger partial charge >= 0.3 is 0 Å². The van der Waals surface area contributed by atoms with E-state index in [1.54, 1.807) is 0 Å². The Morgan fingerprint density at radius 2 is 2.50 bits per heavy atom. The first-order valence-corrected chi connectivity index (χ1v) is 6.87. The second-order valence-corrected chi connectivity index (χ2v) is 5.92. The van der Waals surface area contributed by atoms with E-state index in [1.807, 2.05) is 17.5 Å². The molecule has 0 radical (unpaired) electrons. The number of nitrogens with two attached hydrogens (primary N) is 1. The van der Waals surface area contributed by atoms with Crippen LogP contribution in [-0.2, 0) is 6.42 Å². The quantitative estimate of drug-likeness (QED) is 0.872. The average molecular weight is 239 g/mol. The topological polar surface area (TPSA) is 42.1 Å². The van der Waals surface area contributed by atoms with E-state index in [-0.39, 0.29) is 0 Å². The molecule has 1 fully saturated rings. The first kappa shape index (κ1) is 12.0. The molecule has 2 rings (SSSR count). The van der Waals surface area contributed by atoms with Crippen LogP contribution in [0, 0.1) is 0 Å². The van der Waals surface area contributed by atoms with Crippen molar-refractivity contribution >= 4 is 11.3 Å². The highest BCUT2D eigenvalue weighted by molar-refractivity contribution is 7.11. The van der Waals surface area contributed by atoms with Crippen molar-refractivity contribution in [2.45, 2.75) is 38.1 Å². The molecule has 90 valence electrons. The third kappa shape index (κ3) is 2.62. The van der Waals surface area contributed by atoms with Crippen molar-refractivity contribution in [3.05, 3.63) is 16.1 Å². The van der Waals surface area contributed by atoms with Crippen LogP contribution in [0.4, 0.5) is 0 Å². The molecule has 2 atom stereocenters. The second-order valence-electron chi connectivity index (χ2n) is 4.77. The van der Waals surface area contributed by atoms with E-state index in [2.05, 4.69) is 23.9 Å². The molecule has 2 N–H and O–H groups in total. The number of aromatic nitrogens is 1. The first-order valence-electron chi connectivity index (χ1n) is 6.05. The average Bonchev–Trinajstić information content (AvgIpc) is 2.89. The smallest absolute Gasteiger partial charge is 0.0943 e. The predicted molar refractivity (Wildman–Crippen MR) is 68.9 cm³/mol. The van der Waals surface area contributed by atoms with E-state index >= 15 is 0 Å². The van der Waals surface area contributed by atoms with Gasteiger partial charge in [0, 0.05) is 29.5 Å². The summed E-state index contributed by atoms with van der Waals surface area (Å²) in [6.45, 7) is 4.12. The zero-order chi connectivity index (χ0) is 11.5. The Hall–Kier alpha value is -0.450. The van der Waals surface area contributed by atoms with E-state index in [0.717, 1.165) is 6.42 Å². The number of rotatable bonds is 4. The molecule has 1 saturated heterocycles. The lowest BCUT2D eigenvalue weighted by Gasteiger charge is -2.17. The monoisotopic (exact) mass is 239 g/mol. The molecule has 0 saturated carbocycles. The van der Waals surface area contributed by atoms with Crippen molar-refractivity contribution in [3.8, 4) is 0 Å². The third-order valence-corrected chi connectivity index (χ3v) is 4.74. The van der Waals surface area contributed by atoms with E-state index in [4.69, 9.17) is 5.73 Å². The van der Waals surface area contributed by atoms with Gasteiger partial charge in [0.1, 0.15) is 0 Å². The van der Waals surface area contributed by atoms with Crippen molar-refractivity contribution in [3.63, 3.8) is 0 Å². The summed E-state index contributed by atoms with van der Waals surface area (Å²) >= 11 is 1.84. The van der Waals surface area contributed by atoms with Gasteiger partial charge in [-0.25, -0.2) is 4.98 Å². The van der Waals surface area contributed by atoms with Crippen molar-refractivity contribution in [2.24, 2.45) is 5.73 Å². The van der Waals surface area contributed by atoms with Gasteiger partial charge in [0.2, 0.25) is 0 Å². The molecular weight excluding hydrogens is 218 g/mol. The Balaban J connectivity index is 1.97. The summed E-state index contributed by atoms with van der Waals surface area (Å²) in [6, 6.07) is 0.701. The maximum absolute atomic E-state index is 5.67. The molecule has 0 amide bonds. The van der Waals surface area contributed by atoms with Crippen LogP contribution in [0.15, 0.2) is 6.20 Å². The van der Waals surface area contributed by atoms with Gasteiger partial charge in [0.05, 0.1) is 5.01 Å². The largest absolute Gasteiger partial charge is 0.330 e. The maximum atomic E-state index is 5.67. The molecule has 2 heterocycles. The second kappa shape index (κ2) is 5.25. The standard InChI is InChI=1S/C12H21N3S/c1-9(7-13)11-8-14-12(16-11)6-10-4-3-5-15(10)2/h8-10H,3-7,13H2,1-2H3. The van der Waals surface area contributed by atoms with Crippen molar-refractivity contribution in [1.29, 1.82) is 0 Å². The molecule has 0 aromatic carbocycles. The fourth-order valence-electron chi connectivity index (χ4n) is 2.20. The summed E-state index contributed by atoms with van der Waals surface area (Å²) in [5.41, 5.74) is 5.67. The molecule has 0 aliphatic carbocycles. The number of hydrogen-bond donors (Lipinski definition) is 1. The number of thiazole rings is 1. The van der Waals surface area contributed by atoms with Crippen LogP contribution in [0.3, 0.4) is 0 Å². The number of likely N-dealkylation sites (N-methyl/N-ethyl adjacent to an activating group) is 1. The van der Waals surface area contributed by atoms with E-state index < -0.39 is 0 Å². The summed E-state index contributed by atoms with van der Waals surface area (Å²) < 4.78 is 0. The van der Waals surface area contributed by atoms with Gasteiger partial charge in [-0.15, -0.1) is 11.3 Å². The molecular formula is C12H21N3S. The summed E-state index contributed by atoms with van der Waals surface area (Å²) in [6.07, 6.45) is 5.77. The highest BCUT2D eigenvalue weighted by Gasteiger charge is 2.22. The van der Waals surface area contributed by atoms with Gasteiger partial charge in [-0.1, -0.05) is 6.92 Å². The van der Waals surface area contributed by atoms with E-state index in [1.165, 1.54) is 29.3 Å². The Bertz CT molecular complexity index is 337. The summed E-state index contributed by atoms with van der Waals surface area (Å²) in [7, 11) is 2.22. The Morgan fingerprint density at radius 1 is 1.69 bits per heavy atom. The highest BCUT2D eigenvalue weighted by Crippen LogP contribution is 2.25. The summed E-state index contributed by atoms with van der Waals surface area (Å²) in [5, 5.41) is 1.27. The molecule has 3 nitrogen and oxygen atoms in total. The lowest BCUT2D eigenvalue weighted by atomic mass is 10.1. The molecule has 1 aromatic rings. The molecule has 1 aliphatic rings. The SMILES string of the molecule is CC(CN)c1cnc(CC2CCCN2C)s1. The van der Waals surface area contributed by atoms with Gasteiger partial charge in [-0.3, -0.25) is 0 Å².